The molecular formula is C14H26N2O. The smallest absolute Gasteiger partial charge is 0.223 e. The van der Waals surface area contributed by atoms with E-state index in [1.807, 2.05) is 0 Å². The van der Waals surface area contributed by atoms with E-state index in [-0.39, 0.29) is 0 Å². The molecule has 17 heavy (non-hydrogen) atoms. The van der Waals surface area contributed by atoms with E-state index in [0.29, 0.717) is 17.9 Å². The minimum Gasteiger partial charge on any atom is -0.356 e. The predicted octanol–water partition coefficient (Wildman–Crippen LogP) is 2.07. The molecule has 2 N–H and O–H groups in total. The van der Waals surface area contributed by atoms with Gasteiger partial charge in [-0.25, -0.2) is 0 Å². The molecule has 0 aromatic rings. The lowest BCUT2D eigenvalue weighted by atomic mass is 9.82. The number of carbonyl (C=O) groups is 1. The summed E-state index contributed by atoms with van der Waals surface area (Å²) in [6, 6.07) is 0.640. The van der Waals surface area contributed by atoms with Crippen LogP contribution in [0.5, 0.6) is 0 Å². The molecule has 1 amide bonds. The zero-order valence-corrected chi connectivity index (χ0v) is 11.0. The molecule has 1 atom stereocenters. The molecule has 2 rings (SSSR count). The maximum absolute atomic E-state index is 11.9. The van der Waals surface area contributed by atoms with Crippen molar-refractivity contribution in [2.24, 2.45) is 11.8 Å². The van der Waals surface area contributed by atoms with Crippen molar-refractivity contribution < 1.29 is 4.79 Å². The van der Waals surface area contributed by atoms with Crippen molar-refractivity contribution in [1.29, 1.82) is 0 Å². The first kappa shape index (κ1) is 12.9. The van der Waals surface area contributed by atoms with Gasteiger partial charge in [0.15, 0.2) is 0 Å². The fraction of sp³-hybridized carbons (Fsp3) is 0.929. The third-order valence-electron chi connectivity index (χ3n) is 4.34. The van der Waals surface area contributed by atoms with E-state index in [4.69, 9.17) is 0 Å². The van der Waals surface area contributed by atoms with Gasteiger partial charge in [0.05, 0.1) is 0 Å². The second-order valence-electron chi connectivity index (χ2n) is 5.83. The fourth-order valence-electron chi connectivity index (χ4n) is 3.04. The highest BCUT2D eigenvalue weighted by atomic mass is 16.1. The molecular weight excluding hydrogens is 212 g/mol. The van der Waals surface area contributed by atoms with Gasteiger partial charge in [0.1, 0.15) is 0 Å². The van der Waals surface area contributed by atoms with Gasteiger partial charge in [-0.05, 0) is 57.4 Å². The van der Waals surface area contributed by atoms with Crippen LogP contribution in [0.2, 0.25) is 0 Å². The highest BCUT2D eigenvalue weighted by molar-refractivity contribution is 5.78. The van der Waals surface area contributed by atoms with Crippen LogP contribution >= 0.6 is 0 Å². The van der Waals surface area contributed by atoms with Crippen LogP contribution in [-0.2, 0) is 4.79 Å². The van der Waals surface area contributed by atoms with Crippen molar-refractivity contribution in [1.82, 2.24) is 10.6 Å². The molecule has 0 aromatic carbocycles. The molecule has 1 aliphatic carbocycles. The molecule has 2 fully saturated rings. The normalized spacial score (nSPS) is 33.6. The summed E-state index contributed by atoms with van der Waals surface area (Å²) in [4.78, 5) is 11.9. The Kier molecular flexibility index (Phi) is 4.84. The molecule has 1 aliphatic heterocycles. The van der Waals surface area contributed by atoms with Gasteiger partial charge in [0.25, 0.3) is 0 Å². The van der Waals surface area contributed by atoms with Crippen LogP contribution in [0.1, 0.15) is 51.9 Å². The molecule has 0 unspecified atom stereocenters. The molecule has 1 saturated heterocycles. The first-order valence-corrected chi connectivity index (χ1v) is 7.27. The highest BCUT2D eigenvalue weighted by Gasteiger charge is 2.24. The predicted molar refractivity (Wildman–Crippen MR) is 69.8 cm³/mol. The Morgan fingerprint density at radius 3 is 2.65 bits per heavy atom. The van der Waals surface area contributed by atoms with Crippen molar-refractivity contribution in [3.8, 4) is 0 Å². The highest BCUT2D eigenvalue weighted by Crippen LogP contribution is 2.28. The van der Waals surface area contributed by atoms with Crippen LogP contribution in [0.15, 0.2) is 0 Å². The average Bonchev–Trinajstić information content (AvgIpc) is 2.83. The Hall–Kier alpha value is -0.570. The lowest BCUT2D eigenvalue weighted by Gasteiger charge is -2.25. The lowest BCUT2D eigenvalue weighted by molar-refractivity contribution is -0.126. The first-order chi connectivity index (χ1) is 8.25. The number of amides is 1. The Balaban J connectivity index is 1.60. The maximum Gasteiger partial charge on any atom is 0.223 e. The van der Waals surface area contributed by atoms with E-state index in [1.165, 1.54) is 25.7 Å². The van der Waals surface area contributed by atoms with Crippen molar-refractivity contribution in [2.75, 3.05) is 13.1 Å². The van der Waals surface area contributed by atoms with Crippen LogP contribution in [-0.4, -0.2) is 25.0 Å². The molecule has 0 radical (unpaired) electrons. The third-order valence-corrected chi connectivity index (χ3v) is 4.34. The number of carbonyl (C=O) groups excluding carboxylic acids is 1. The quantitative estimate of drug-likeness (QED) is 0.787. The summed E-state index contributed by atoms with van der Waals surface area (Å²) < 4.78 is 0. The van der Waals surface area contributed by atoms with Crippen molar-refractivity contribution in [3.05, 3.63) is 0 Å². The summed E-state index contributed by atoms with van der Waals surface area (Å²) in [5.41, 5.74) is 0. The van der Waals surface area contributed by atoms with E-state index >= 15 is 0 Å². The maximum atomic E-state index is 11.9. The summed E-state index contributed by atoms with van der Waals surface area (Å²) in [5, 5.41) is 6.58. The standard InChI is InChI=1S/C14H26N2O/c1-11-4-6-12(7-5-11)14(17)16-10-8-13-3-2-9-15-13/h11-13,15H,2-10H2,1H3,(H,16,17)/t11?,12?,13-/m1/s1. The second kappa shape index (κ2) is 6.39. The fourth-order valence-corrected chi connectivity index (χ4v) is 3.04. The minimum absolute atomic E-state index is 0.294. The third kappa shape index (κ3) is 3.98. The number of nitrogens with one attached hydrogen (secondary N) is 2. The number of hydrogen-bond acceptors (Lipinski definition) is 2. The SMILES string of the molecule is CC1CCC(C(=O)NCC[C@H]2CCCN2)CC1. The Labute approximate surface area is 105 Å². The van der Waals surface area contributed by atoms with Gasteiger partial charge < -0.3 is 10.6 Å². The Morgan fingerprint density at radius 2 is 2.00 bits per heavy atom. The monoisotopic (exact) mass is 238 g/mol. The van der Waals surface area contributed by atoms with Crippen molar-refractivity contribution in [3.63, 3.8) is 0 Å². The Morgan fingerprint density at radius 1 is 1.24 bits per heavy atom. The van der Waals surface area contributed by atoms with E-state index in [2.05, 4.69) is 17.6 Å². The average molecular weight is 238 g/mol. The molecule has 0 spiro atoms. The van der Waals surface area contributed by atoms with E-state index < -0.39 is 0 Å². The Bertz CT molecular complexity index is 241. The molecule has 0 bridgehead atoms. The summed E-state index contributed by atoms with van der Waals surface area (Å²) in [5.74, 6) is 1.42. The van der Waals surface area contributed by atoms with Gasteiger partial charge in [-0.2, -0.15) is 0 Å². The molecule has 0 aromatic heterocycles. The summed E-state index contributed by atoms with van der Waals surface area (Å²) >= 11 is 0. The number of rotatable bonds is 4. The summed E-state index contributed by atoms with van der Waals surface area (Å²) in [6.45, 7) is 4.29. The molecule has 3 heteroatoms. The second-order valence-corrected chi connectivity index (χ2v) is 5.83. The number of hydrogen-bond donors (Lipinski definition) is 2. The van der Waals surface area contributed by atoms with E-state index in [1.54, 1.807) is 0 Å². The van der Waals surface area contributed by atoms with Gasteiger partial charge in [0, 0.05) is 18.5 Å². The van der Waals surface area contributed by atoms with Gasteiger partial charge in [0.2, 0.25) is 5.91 Å². The molecule has 1 heterocycles. The zero-order chi connectivity index (χ0) is 12.1. The van der Waals surface area contributed by atoms with Gasteiger partial charge in [-0.1, -0.05) is 6.92 Å². The van der Waals surface area contributed by atoms with E-state index in [9.17, 15) is 4.79 Å². The van der Waals surface area contributed by atoms with Gasteiger partial charge in [-0.3, -0.25) is 4.79 Å². The zero-order valence-electron chi connectivity index (χ0n) is 11.0. The first-order valence-electron chi connectivity index (χ1n) is 7.27. The molecule has 98 valence electrons. The van der Waals surface area contributed by atoms with Gasteiger partial charge >= 0.3 is 0 Å². The summed E-state index contributed by atoms with van der Waals surface area (Å²) in [7, 11) is 0. The van der Waals surface area contributed by atoms with Crippen LogP contribution in [0.4, 0.5) is 0 Å². The van der Waals surface area contributed by atoms with Crippen LogP contribution in [0, 0.1) is 11.8 Å². The largest absolute Gasteiger partial charge is 0.356 e. The van der Waals surface area contributed by atoms with E-state index in [0.717, 1.165) is 38.3 Å². The molecule has 1 saturated carbocycles. The minimum atomic E-state index is 0.294. The molecule has 2 aliphatic rings. The topological polar surface area (TPSA) is 41.1 Å². The van der Waals surface area contributed by atoms with Crippen molar-refractivity contribution >= 4 is 5.91 Å². The van der Waals surface area contributed by atoms with Crippen molar-refractivity contribution in [2.45, 2.75) is 57.9 Å². The lowest BCUT2D eigenvalue weighted by Crippen LogP contribution is -2.35. The van der Waals surface area contributed by atoms with Gasteiger partial charge in [-0.15, -0.1) is 0 Å². The summed E-state index contributed by atoms with van der Waals surface area (Å²) in [6.07, 6.45) is 8.29. The van der Waals surface area contributed by atoms with Crippen LogP contribution in [0.25, 0.3) is 0 Å². The molecule has 3 nitrogen and oxygen atoms in total. The van der Waals surface area contributed by atoms with Crippen LogP contribution in [0.3, 0.4) is 0 Å². The van der Waals surface area contributed by atoms with Crippen LogP contribution < -0.4 is 10.6 Å².